The number of amides is 2. The summed E-state index contributed by atoms with van der Waals surface area (Å²) in [4.78, 5) is 28.9. The van der Waals surface area contributed by atoms with Gasteiger partial charge in [-0.1, -0.05) is 48.5 Å². The van der Waals surface area contributed by atoms with Gasteiger partial charge in [-0.2, -0.15) is 0 Å². The minimum Gasteiger partial charge on any atom is -0.345 e. The van der Waals surface area contributed by atoms with Gasteiger partial charge in [-0.15, -0.1) is 0 Å². The fourth-order valence-corrected chi connectivity index (χ4v) is 3.50. The summed E-state index contributed by atoms with van der Waals surface area (Å²) in [5, 5.41) is 2.93. The lowest BCUT2D eigenvalue weighted by molar-refractivity contribution is -0.138. The summed E-state index contributed by atoms with van der Waals surface area (Å²) in [6, 6.07) is 19.8. The van der Waals surface area contributed by atoms with E-state index in [-0.39, 0.29) is 6.04 Å². The summed E-state index contributed by atoms with van der Waals surface area (Å²) in [5.74, 6) is -1.00. The van der Waals surface area contributed by atoms with Crippen molar-refractivity contribution < 1.29 is 9.59 Å². The molecule has 0 aromatic heterocycles. The molecule has 5 nitrogen and oxygen atoms in total. The van der Waals surface area contributed by atoms with Crippen LogP contribution in [-0.2, 0) is 16.1 Å². The number of carbonyl (C=O) groups is 2. The van der Waals surface area contributed by atoms with E-state index >= 15 is 0 Å². The number of hydrogen-bond acceptors (Lipinski definition) is 3. The molecule has 0 atom stereocenters. The lowest BCUT2D eigenvalue weighted by atomic mass is 10.0. The molecule has 0 aliphatic carbocycles. The van der Waals surface area contributed by atoms with Gasteiger partial charge >= 0.3 is 11.8 Å². The SMILES string of the molecule is CCN(C(=O)C(=O)NC1CCN(Cc2ccccc2)CC1)c1ccccc1. The summed E-state index contributed by atoms with van der Waals surface area (Å²) >= 11 is 0. The number of carbonyl (C=O) groups excluding carboxylic acids is 2. The predicted octanol–water partition coefficient (Wildman–Crippen LogP) is 2.82. The number of rotatable bonds is 5. The second kappa shape index (κ2) is 9.33. The molecule has 0 spiro atoms. The van der Waals surface area contributed by atoms with Crippen molar-refractivity contribution >= 4 is 17.5 Å². The van der Waals surface area contributed by atoms with Crippen molar-refractivity contribution in [1.29, 1.82) is 0 Å². The van der Waals surface area contributed by atoms with Gasteiger partial charge in [0.15, 0.2) is 0 Å². The molecule has 1 saturated heterocycles. The lowest BCUT2D eigenvalue weighted by Gasteiger charge is -2.32. The highest BCUT2D eigenvalue weighted by Crippen LogP contribution is 2.15. The Morgan fingerprint density at radius 1 is 1.00 bits per heavy atom. The van der Waals surface area contributed by atoms with Crippen molar-refractivity contribution in [3.8, 4) is 0 Å². The molecule has 0 saturated carbocycles. The molecule has 0 radical (unpaired) electrons. The van der Waals surface area contributed by atoms with E-state index < -0.39 is 11.8 Å². The van der Waals surface area contributed by atoms with Gasteiger partial charge in [-0.3, -0.25) is 14.5 Å². The summed E-state index contributed by atoms with van der Waals surface area (Å²) < 4.78 is 0. The zero-order valence-corrected chi connectivity index (χ0v) is 15.8. The highest BCUT2D eigenvalue weighted by Gasteiger charge is 2.26. The fourth-order valence-electron chi connectivity index (χ4n) is 3.50. The molecule has 1 heterocycles. The first-order valence-corrected chi connectivity index (χ1v) is 9.61. The van der Waals surface area contributed by atoms with Gasteiger partial charge in [0.25, 0.3) is 0 Å². The van der Waals surface area contributed by atoms with E-state index in [9.17, 15) is 9.59 Å². The second-order valence-corrected chi connectivity index (χ2v) is 6.89. The smallest absolute Gasteiger partial charge is 0.316 e. The maximum atomic E-state index is 12.6. The first-order valence-electron chi connectivity index (χ1n) is 9.61. The highest BCUT2D eigenvalue weighted by molar-refractivity contribution is 6.40. The van der Waals surface area contributed by atoms with Gasteiger partial charge < -0.3 is 10.2 Å². The minimum absolute atomic E-state index is 0.0583. The molecule has 1 fully saturated rings. The second-order valence-electron chi connectivity index (χ2n) is 6.89. The Kier molecular flexibility index (Phi) is 6.60. The van der Waals surface area contributed by atoms with E-state index in [2.05, 4.69) is 34.5 Å². The van der Waals surface area contributed by atoms with Gasteiger partial charge in [-0.05, 0) is 37.5 Å². The lowest BCUT2D eigenvalue weighted by Crippen LogP contribution is -2.50. The quantitative estimate of drug-likeness (QED) is 0.829. The number of nitrogens with one attached hydrogen (secondary N) is 1. The van der Waals surface area contributed by atoms with Crippen LogP contribution >= 0.6 is 0 Å². The number of hydrogen-bond donors (Lipinski definition) is 1. The summed E-state index contributed by atoms with van der Waals surface area (Å²) in [5.41, 5.74) is 2.05. The minimum atomic E-state index is -0.512. The third-order valence-electron chi connectivity index (χ3n) is 5.00. The first kappa shape index (κ1) is 19.1. The van der Waals surface area contributed by atoms with E-state index in [1.807, 2.05) is 43.3 Å². The Morgan fingerprint density at radius 2 is 1.59 bits per heavy atom. The van der Waals surface area contributed by atoms with Crippen LogP contribution in [0.3, 0.4) is 0 Å². The topological polar surface area (TPSA) is 52.7 Å². The van der Waals surface area contributed by atoms with Gasteiger partial charge in [-0.25, -0.2) is 0 Å². The molecule has 1 N–H and O–H groups in total. The van der Waals surface area contributed by atoms with Crippen LogP contribution < -0.4 is 10.2 Å². The van der Waals surface area contributed by atoms with Crippen LogP contribution in [0.15, 0.2) is 60.7 Å². The maximum absolute atomic E-state index is 12.6. The Balaban J connectivity index is 1.49. The molecule has 2 amide bonds. The molecule has 0 bridgehead atoms. The number of likely N-dealkylation sites (N-methyl/N-ethyl adjacent to an activating group) is 1. The van der Waals surface area contributed by atoms with E-state index in [1.54, 1.807) is 0 Å². The van der Waals surface area contributed by atoms with Crippen LogP contribution in [0.25, 0.3) is 0 Å². The molecular weight excluding hydrogens is 338 g/mol. The molecule has 1 aliphatic heterocycles. The fraction of sp³-hybridized carbons (Fsp3) is 0.364. The zero-order valence-electron chi connectivity index (χ0n) is 15.8. The van der Waals surface area contributed by atoms with E-state index in [0.717, 1.165) is 38.2 Å². The first-order chi connectivity index (χ1) is 13.2. The molecule has 2 aromatic rings. The Morgan fingerprint density at radius 3 is 2.19 bits per heavy atom. The molecule has 142 valence electrons. The van der Waals surface area contributed by atoms with Crippen molar-refractivity contribution in [2.24, 2.45) is 0 Å². The van der Waals surface area contributed by atoms with E-state index in [1.165, 1.54) is 10.5 Å². The number of piperidine rings is 1. The van der Waals surface area contributed by atoms with Crippen LogP contribution in [0.1, 0.15) is 25.3 Å². The van der Waals surface area contributed by atoms with Crippen LogP contribution in [0.4, 0.5) is 5.69 Å². The summed E-state index contributed by atoms with van der Waals surface area (Å²) in [7, 11) is 0. The summed E-state index contributed by atoms with van der Waals surface area (Å²) in [6.07, 6.45) is 1.73. The van der Waals surface area contributed by atoms with Crippen LogP contribution in [-0.4, -0.2) is 42.4 Å². The van der Waals surface area contributed by atoms with Crippen molar-refractivity contribution in [2.75, 3.05) is 24.5 Å². The third-order valence-corrected chi connectivity index (χ3v) is 5.00. The Hall–Kier alpha value is -2.66. The Labute approximate surface area is 161 Å². The number of nitrogens with zero attached hydrogens (tertiary/aromatic N) is 2. The number of benzene rings is 2. The van der Waals surface area contributed by atoms with Crippen LogP contribution in [0.5, 0.6) is 0 Å². The van der Waals surface area contributed by atoms with Crippen LogP contribution in [0.2, 0.25) is 0 Å². The molecule has 2 aromatic carbocycles. The van der Waals surface area contributed by atoms with Crippen molar-refractivity contribution in [1.82, 2.24) is 10.2 Å². The van der Waals surface area contributed by atoms with Crippen molar-refractivity contribution in [3.05, 3.63) is 66.2 Å². The molecule has 1 aliphatic rings. The van der Waals surface area contributed by atoms with Crippen molar-refractivity contribution in [2.45, 2.75) is 32.4 Å². The standard InChI is InChI=1S/C22H27N3O2/c1-2-25(20-11-7-4-8-12-20)22(27)21(26)23-19-13-15-24(16-14-19)17-18-9-5-3-6-10-18/h3-12,19H,2,13-17H2,1H3,(H,23,26). The van der Waals surface area contributed by atoms with Gasteiger partial charge in [0, 0.05) is 37.9 Å². The van der Waals surface area contributed by atoms with Gasteiger partial charge in [0.05, 0.1) is 0 Å². The molecular formula is C22H27N3O2. The zero-order chi connectivity index (χ0) is 19.1. The number of likely N-dealkylation sites (tertiary alicyclic amines) is 1. The monoisotopic (exact) mass is 365 g/mol. The van der Waals surface area contributed by atoms with Crippen LogP contribution in [0, 0.1) is 0 Å². The van der Waals surface area contributed by atoms with E-state index in [0.29, 0.717) is 6.54 Å². The average molecular weight is 365 g/mol. The maximum Gasteiger partial charge on any atom is 0.316 e. The van der Waals surface area contributed by atoms with Gasteiger partial charge in [0.2, 0.25) is 0 Å². The predicted molar refractivity (Wildman–Crippen MR) is 107 cm³/mol. The summed E-state index contributed by atoms with van der Waals surface area (Å²) in [6.45, 7) is 5.11. The molecule has 3 rings (SSSR count). The average Bonchev–Trinajstić information content (AvgIpc) is 2.71. The molecule has 0 unspecified atom stereocenters. The molecule has 5 heteroatoms. The normalized spacial score (nSPS) is 15.3. The molecule has 27 heavy (non-hydrogen) atoms. The van der Waals surface area contributed by atoms with Gasteiger partial charge in [0.1, 0.15) is 0 Å². The highest BCUT2D eigenvalue weighted by atomic mass is 16.2. The Bertz CT molecular complexity index is 741. The number of para-hydroxylation sites is 1. The largest absolute Gasteiger partial charge is 0.345 e. The van der Waals surface area contributed by atoms with Crippen molar-refractivity contribution in [3.63, 3.8) is 0 Å². The third kappa shape index (κ3) is 5.17. The van der Waals surface area contributed by atoms with E-state index in [4.69, 9.17) is 0 Å². The number of anilines is 1.